The highest BCUT2D eigenvalue weighted by atomic mass is 35.5. The average molecular weight is 289 g/mol. The van der Waals surface area contributed by atoms with Crippen molar-refractivity contribution < 1.29 is 4.79 Å². The molecular formula is C13H18Cl2N2O. The molecule has 3 N–H and O–H groups in total. The van der Waals surface area contributed by atoms with Gasteiger partial charge in [0.25, 0.3) is 0 Å². The fraction of sp³-hybridized carbons (Fsp3) is 0.462. The third kappa shape index (κ3) is 4.48. The molecule has 0 fully saturated rings. The van der Waals surface area contributed by atoms with E-state index in [-0.39, 0.29) is 12.3 Å². The molecule has 0 atom stereocenters. The van der Waals surface area contributed by atoms with Crippen LogP contribution >= 0.6 is 23.2 Å². The molecule has 100 valence electrons. The summed E-state index contributed by atoms with van der Waals surface area (Å²) < 4.78 is 0. The molecule has 0 spiro atoms. The van der Waals surface area contributed by atoms with Crippen LogP contribution in [0.15, 0.2) is 12.1 Å². The summed E-state index contributed by atoms with van der Waals surface area (Å²) in [5.74, 6) is 0.579. The molecule has 5 heteroatoms. The Hall–Kier alpha value is -0.770. The largest absolute Gasteiger partial charge is 0.396 e. The lowest BCUT2D eigenvalue weighted by Gasteiger charge is -2.08. The maximum absolute atomic E-state index is 11.9. The minimum atomic E-state index is -0.0393. The summed E-state index contributed by atoms with van der Waals surface area (Å²) in [6, 6.07) is 3.10. The number of carbonyl (C=O) groups is 1. The Bertz CT molecular complexity index is 410. The second kappa shape index (κ2) is 6.98. The first-order valence-corrected chi connectivity index (χ1v) is 6.66. The Kier molecular flexibility index (Phi) is 5.93. The Morgan fingerprint density at radius 1 is 1.33 bits per heavy atom. The van der Waals surface area contributed by atoms with Gasteiger partial charge in [0.1, 0.15) is 0 Å². The maximum Gasteiger partial charge on any atom is 0.176 e. The van der Waals surface area contributed by atoms with Crippen molar-refractivity contribution in [1.29, 1.82) is 0 Å². The molecule has 0 saturated carbocycles. The summed E-state index contributed by atoms with van der Waals surface area (Å²) in [4.78, 5) is 11.9. The Morgan fingerprint density at radius 3 is 2.39 bits per heavy atom. The smallest absolute Gasteiger partial charge is 0.176 e. The first-order valence-electron chi connectivity index (χ1n) is 5.90. The molecule has 0 radical (unpaired) electrons. The second-order valence-corrected chi connectivity index (χ2v) is 5.45. The van der Waals surface area contributed by atoms with Crippen LogP contribution < -0.4 is 11.1 Å². The standard InChI is InChI=1S/C13H18Cl2N2O/c1-8(2)3-4-17-7-12(18)9-5-10(14)13(16)11(15)6-9/h5-6,8,17H,3-4,7,16H2,1-2H3. The predicted octanol–water partition coefficient (Wildman–Crippen LogP) is 3.39. The van der Waals surface area contributed by atoms with Gasteiger partial charge in [-0.3, -0.25) is 4.79 Å². The van der Waals surface area contributed by atoms with E-state index in [1.54, 1.807) is 12.1 Å². The Labute approximate surface area is 118 Å². The number of hydrogen-bond acceptors (Lipinski definition) is 3. The van der Waals surface area contributed by atoms with Crippen molar-refractivity contribution in [2.45, 2.75) is 20.3 Å². The lowest BCUT2D eigenvalue weighted by atomic mass is 10.1. The number of nitrogens with two attached hydrogens (primary N) is 1. The topological polar surface area (TPSA) is 55.1 Å². The SMILES string of the molecule is CC(C)CCNCC(=O)c1cc(Cl)c(N)c(Cl)c1. The molecular weight excluding hydrogens is 271 g/mol. The van der Waals surface area contributed by atoms with Gasteiger partial charge in [-0.2, -0.15) is 0 Å². The lowest BCUT2D eigenvalue weighted by molar-refractivity contribution is 0.0991. The van der Waals surface area contributed by atoms with Crippen LogP contribution in [0.4, 0.5) is 5.69 Å². The van der Waals surface area contributed by atoms with Gasteiger partial charge in [0, 0.05) is 5.56 Å². The van der Waals surface area contributed by atoms with Gasteiger partial charge in [-0.15, -0.1) is 0 Å². The highest BCUT2D eigenvalue weighted by Gasteiger charge is 2.10. The van der Waals surface area contributed by atoms with Gasteiger partial charge in [0.05, 0.1) is 22.3 Å². The fourth-order valence-corrected chi connectivity index (χ4v) is 1.93. The summed E-state index contributed by atoms with van der Waals surface area (Å²) in [7, 11) is 0. The van der Waals surface area contributed by atoms with E-state index in [0.717, 1.165) is 13.0 Å². The third-order valence-corrected chi connectivity index (χ3v) is 3.21. The van der Waals surface area contributed by atoms with Crippen LogP contribution in [0.25, 0.3) is 0 Å². The highest BCUT2D eigenvalue weighted by Crippen LogP contribution is 2.28. The number of nitrogens with one attached hydrogen (secondary N) is 1. The van der Waals surface area contributed by atoms with E-state index in [2.05, 4.69) is 19.2 Å². The molecule has 0 saturated heterocycles. The van der Waals surface area contributed by atoms with Crippen molar-refractivity contribution in [2.24, 2.45) is 5.92 Å². The monoisotopic (exact) mass is 288 g/mol. The van der Waals surface area contributed by atoms with E-state index >= 15 is 0 Å². The van der Waals surface area contributed by atoms with Gasteiger partial charge in [-0.25, -0.2) is 0 Å². The summed E-state index contributed by atoms with van der Waals surface area (Å²) in [6.45, 7) is 5.38. The first kappa shape index (κ1) is 15.3. The molecule has 1 rings (SSSR count). The van der Waals surface area contributed by atoms with Crippen molar-refractivity contribution in [2.75, 3.05) is 18.8 Å². The van der Waals surface area contributed by atoms with Crippen LogP contribution in [0, 0.1) is 5.92 Å². The van der Waals surface area contributed by atoms with E-state index in [0.29, 0.717) is 27.2 Å². The molecule has 0 aliphatic rings. The predicted molar refractivity (Wildman–Crippen MR) is 77.5 cm³/mol. The zero-order valence-corrected chi connectivity index (χ0v) is 12.1. The highest BCUT2D eigenvalue weighted by molar-refractivity contribution is 6.39. The van der Waals surface area contributed by atoms with Crippen LogP contribution in [-0.4, -0.2) is 18.9 Å². The van der Waals surface area contributed by atoms with Crippen molar-refractivity contribution in [3.63, 3.8) is 0 Å². The zero-order valence-electron chi connectivity index (χ0n) is 10.6. The van der Waals surface area contributed by atoms with E-state index < -0.39 is 0 Å². The number of rotatable bonds is 6. The third-order valence-electron chi connectivity index (χ3n) is 2.59. The van der Waals surface area contributed by atoms with Crippen molar-refractivity contribution in [1.82, 2.24) is 5.32 Å². The number of benzene rings is 1. The Balaban J connectivity index is 2.57. The van der Waals surface area contributed by atoms with E-state index in [1.165, 1.54) is 0 Å². The zero-order chi connectivity index (χ0) is 13.7. The molecule has 0 aliphatic heterocycles. The normalized spacial score (nSPS) is 10.9. The maximum atomic E-state index is 11.9. The van der Waals surface area contributed by atoms with E-state index in [4.69, 9.17) is 28.9 Å². The van der Waals surface area contributed by atoms with Gasteiger partial charge in [-0.05, 0) is 31.0 Å². The number of halogens is 2. The molecule has 18 heavy (non-hydrogen) atoms. The van der Waals surface area contributed by atoms with Crippen molar-refractivity contribution in [3.05, 3.63) is 27.7 Å². The van der Waals surface area contributed by atoms with Gasteiger partial charge >= 0.3 is 0 Å². The van der Waals surface area contributed by atoms with Crippen LogP contribution in [-0.2, 0) is 0 Å². The molecule has 0 aromatic heterocycles. The van der Waals surface area contributed by atoms with Gasteiger partial charge in [0.2, 0.25) is 0 Å². The van der Waals surface area contributed by atoms with E-state index in [1.807, 2.05) is 0 Å². The number of ketones is 1. The summed E-state index contributed by atoms with van der Waals surface area (Å²) in [5, 5.41) is 3.73. The number of carbonyl (C=O) groups excluding carboxylic acids is 1. The molecule has 1 aromatic rings. The van der Waals surface area contributed by atoms with Gasteiger partial charge in [0.15, 0.2) is 5.78 Å². The van der Waals surface area contributed by atoms with E-state index in [9.17, 15) is 4.79 Å². The minimum Gasteiger partial charge on any atom is -0.396 e. The Morgan fingerprint density at radius 2 is 1.89 bits per heavy atom. The van der Waals surface area contributed by atoms with Crippen LogP contribution in [0.1, 0.15) is 30.6 Å². The molecule has 0 aliphatic carbocycles. The van der Waals surface area contributed by atoms with Crippen LogP contribution in [0.5, 0.6) is 0 Å². The summed E-state index contributed by atoms with van der Waals surface area (Å²) in [6.07, 6.45) is 1.04. The van der Waals surface area contributed by atoms with Gasteiger partial charge in [-0.1, -0.05) is 37.0 Å². The van der Waals surface area contributed by atoms with Crippen LogP contribution in [0.2, 0.25) is 10.0 Å². The average Bonchev–Trinajstić information content (AvgIpc) is 2.30. The van der Waals surface area contributed by atoms with Crippen molar-refractivity contribution in [3.8, 4) is 0 Å². The van der Waals surface area contributed by atoms with Crippen molar-refractivity contribution >= 4 is 34.7 Å². The number of anilines is 1. The quantitative estimate of drug-likeness (QED) is 0.479. The summed E-state index contributed by atoms with van der Waals surface area (Å²) in [5.41, 5.74) is 6.41. The molecule has 1 aromatic carbocycles. The number of hydrogen-bond donors (Lipinski definition) is 2. The second-order valence-electron chi connectivity index (χ2n) is 4.64. The number of nitrogen functional groups attached to an aromatic ring is 1. The molecule has 0 heterocycles. The van der Waals surface area contributed by atoms with Crippen LogP contribution in [0.3, 0.4) is 0 Å². The van der Waals surface area contributed by atoms with Gasteiger partial charge < -0.3 is 11.1 Å². The molecule has 0 bridgehead atoms. The molecule has 0 unspecified atom stereocenters. The summed E-state index contributed by atoms with van der Waals surface area (Å²) >= 11 is 11.8. The first-order chi connectivity index (χ1) is 8.41. The fourth-order valence-electron chi connectivity index (χ4n) is 1.44. The lowest BCUT2D eigenvalue weighted by Crippen LogP contribution is -2.24. The number of Topliss-reactive ketones (excluding diaryl/α,β-unsaturated/α-hetero) is 1. The minimum absolute atomic E-state index is 0.0393. The molecule has 3 nitrogen and oxygen atoms in total. The molecule has 0 amide bonds.